The Balaban J connectivity index is 2.09. The first-order valence-electron chi connectivity index (χ1n) is 4.61. The summed E-state index contributed by atoms with van der Waals surface area (Å²) in [5.74, 6) is 0.347. The van der Waals surface area contributed by atoms with Gasteiger partial charge in [-0.15, -0.1) is 0 Å². The first-order chi connectivity index (χ1) is 6.79. The van der Waals surface area contributed by atoms with Crippen molar-refractivity contribution in [1.82, 2.24) is 10.3 Å². The minimum Gasteiger partial charge on any atom is -0.481 e. The van der Waals surface area contributed by atoms with Crippen molar-refractivity contribution in [1.29, 1.82) is 0 Å². The number of aromatic nitrogens is 1. The summed E-state index contributed by atoms with van der Waals surface area (Å²) < 4.78 is 4.93. The van der Waals surface area contributed by atoms with Gasteiger partial charge in [-0.25, -0.2) is 4.98 Å². The molecule has 2 rings (SSSR count). The number of pyridine rings is 1. The van der Waals surface area contributed by atoms with Crippen LogP contribution in [-0.4, -0.2) is 24.0 Å². The molecular weight excluding hydrogens is 180 g/mol. The number of nitrogens with zero attached hydrogens (tertiary/aromatic N) is 1. The number of nitrogens with one attached hydrogen (secondary N) is 1. The summed E-state index contributed by atoms with van der Waals surface area (Å²) in [5.41, 5.74) is 0.413. The van der Waals surface area contributed by atoms with E-state index in [0.29, 0.717) is 17.6 Å². The van der Waals surface area contributed by atoms with Crippen LogP contribution in [0.4, 0.5) is 0 Å². The molecule has 1 aliphatic rings. The van der Waals surface area contributed by atoms with Crippen LogP contribution in [0.5, 0.6) is 5.88 Å². The van der Waals surface area contributed by atoms with Gasteiger partial charge in [0.25, 0.3) is 5.91 Å². The van der Waals surface area contributed by atoms with Crippen LogP contribution in [-0.2, 0) is 0 Å². The number of methoxy groups -OCH3 is 1. The molecular formula is C10H12N2O2. The second-order valence-corrected chi connectivity index (χ2v) is 3.31. The maximum absolute atomic E-state index is 11.5. The van der Waals surface area contributed by atoms with E-state index in [4.69, 9.17) is 4.74 Å². The summed E-state index contributed by atoms with van der Waals surface area (Å²) in [5, 5.41) is 2.86. The summed E-state index contributed by atoms with van der Waals surface area (Å²) in [6.07, 6.45) is 2.16. The van der Waals surface area contributed by atoms with Gasteiger partial charge in [0.15, 0.2) is 0 Å². The molecule has 74 valence electrons. The van der Waals surface area contributed by atoms with Crippen LogP contribution in [0.3, 0.4) is 0 Å². The van der Waals surface area contributed by atoms with Gasteiger partial charge in [0.2, 0.25) is 5.88 Å². The third kappa shape index (κ3) is 2.02. The second-order valence-electron chi connectivity index (χ2n) is 3.31. The fourth-order valence-electron chi connectivity index (χ4n) is 1.14. The number of hydrogen-bond acceptors (Lipinski definition) is 3. The fraction of sp³-hybridized carbons (Fsp3) is 0.400. The molecule has 0 aromatic carbocycles. The number of rotatable bonds is 3. The largest absolute Gasteiger partial charge is 0.481 e. The SMILES string of the molecule is COc1cccc(C(=O)NC2CC2)n1. The summed E-state index contributed by atoms with van der Waals surface area (Å²) in [7, 11) is 1.53. The van der Waals surface area contributed by atoms with Crippen LogP contribution >= 0.6 is 0 Å². The second kappa shape index (κ2) is 3.65. The Morgan fingerprint density at radius 1 is 1.57 bits per heavy atom. The number of ether oxygens (including phenoxy) is 1. The highest BCUT2D eigenvalue weighted by Crippen LogP contribution is 2.19. The van der Waals surface area contributed by atoms with E-state index < -0.39 is 0 Å². The molecule has 1 heterocycles. The van der Waals surface area contributed by atoms with Gasteiger partial charge in [-0.3, -0.25) is 4.79 Å². The molecule has 1 aliphatic carbocycles. The van der Waals surface area contributed by atoms with Crippen molar-refractivity contribution in [2.24, 2.45) is 0 Å². The van der Waals surface area contributed by atoms with E-state index in [0.717, 1.165) is 12.8 Å². The van der Waals surface area contributed by atoms with Crippen molar-refractivity contribution in [3.8, 4) is 5.88 Å². The molecule has 1 aromatic heterocycles. The molecule has 0 atom stereocenters. The average Bonchev–Trinajstić information content (AvgIpc) is 3.02. The highest BCUT2D eigenvalue weighted by Gasteiger charge is 2.24. The molecule has 1 fully saturated rings. The minimum absolute atomic E-state index is 0.119. The molecule has 0 bridgehead atoms. The summed E-state index contributed by atoms with van der Waals surface area (Å²) in [4.78, 5) is 15.6. The van der Waals surface area contributed by atoms with Crippen LogP contribution in [0.1, 0.15) is 23.3 Å². The third-order valence-corrected chi connectivity index (χ3v) is 2.08. The lowest BCUT2D eigenvalue weighted by Gasteiger charge is -2.03. The zero-order valence-electron chi connectivity index (χ0n) is 7.99. The molecule has 4 heteroatoms. The summed E-state index contributed by atoms with van der Waals surface area (Å²) in [6, 6.07) is 5.51. The summed E-state index contributed by atoms with van der Waals surface area (Å²) in [6.45, 7) is 0. The molecule has 4 nitrogen and oxygen atoms in total. The van der Waals surface area contributed by atoms with Crippen LogP contribution in [0.25, 0.3) is 0 Å². The molecule has 1 aromatic rings. The molecule has 1 saturated carbocycles. The lowest BCUT2D eigenvalue weighted by Crippen LogP contribution is -2.26. The van der Waals surface area contributed by atoms with Crippen molar-refractivity contribution < 1.29 is 9.53 Å². The highest BCUT2D eigenvalue weighted by atomic mass is 16.5. The zero-order valence-corrected chi connectivity index (χ0v) is 7.99. The van der Waals surface area contributed by atoms with Crippen molar-refractivity contribution in [2.75, 3.05) is 7.11 Å². The van der Waals surface area contributed by atoms with Crippen LogP contribution in [0, 0.1) is 0 Å². The maximum atomic E-state index is 11.5. The van der Waals surface area contributed by atoms with E-state index in [1.165, 1.54) is 7.11 Å². The lowest BCUT2D eigenvalue weighted by atomic mass is 10.3. The zero-order chi connectivity index (χ0) is 9.97. The van der Waals surface area contributed by atoms with Crippen molar-refractivity contribution >= 4 is 5.91 Å². The fourth-order valence-corrected chi connectivity index (χ4v) is 1.14. The molecule has 0 saturated heterocycles. The summed E-state index contributed by atoms with van der Waals surface area (Å²) >= 11 is 0. The Bertz CT molecular complexity index is 348. The maximum Gasteiger partial charge on any atom is 0.270 e. The monoisotopic (exact) mass is 192 g/mol. The van der Waals surface area contributed by atoms with Crippen molar-refractivity contribution in [3.63, 3.8) is 0 Å². The smallest absolute Gasteiger partial charge is 0.270 e. The topological polar surface area (TPSA) is 51.2 Å². The quantitative estimate of drug-likeness (QED) is 0.776. The van der Waals surface area contributed by atoms with E-state index in [1.807, 2.05) is 0 Å². The van der Waals surface area contributed by atoms with Gasteiger partial charge in [0.1, 0.15) is 5.69 Å². The Labute approximate surface area is 82.3 Å². The van der Waals surface area contributed by atoms with E-state index in [2.05, 4.69) is 10.3 Å². The van der Waals surface area contributed by atoms with Crippen LogP contribution in [0.15, 0.2) is 18.2 Å². The van der Waals surface area contributed by atoms with Gasteiger partial charge in [-0.2, -0.15) is 0 Å². The predicted molar refractivity (Wildman–Crippen MR) is 51.3 cm³/mol. The molecule has 0 aliphatic heterocycles. The van der Waals surface area contributed by atoms with Gasteiger partial charge in [-0.1, -0.05) is 6.07 Å². The Morgan fingerprint density at radius 2 is 2.36 bits per heavy atom. The van der Waals surface area contributed by atoms with Gasteiger partial charge in [0.05, 0.1) is 7.11 Å². The Morgan fingerprint density at radius 3 is 3.00 bits per heavy atom. The van der Waals surface area contributed by atoms with Gasteiger partial charge in [0, 0.05) is 12.1 Å². The third-order valence-electron chi connectivity index (χ3n) is 2.08. The van der Waals surface area contributed by atoms with E-state index >= 15 is 0 Å². The lowest BCUT2D eigenvalue weighted by molar-refractivity contribution is 0.0945. The first-order valence-corrected chi connectivity index (χ1v) is 4.61. The minimum atomic E-state index is -0.119. The molecule has 14 heavy (non-hydrogen) atoms. The standard InChI is InChI=1S/C10H12N2O2/c1-14-9-4-2-3-8(12-9)10(13)11-7-5-6-7/h2-4,7H,5-6H2,1H3,(H,11,13). The van der Waals surface area contributed by atoms with Crippen LogP contribution < -0.4 is 10.1 Å². The Kier molecular flexibility index (Phi) is 2.35. The molecule has 1 amide bonds. The predicted octanol–water partition coefficient (Wildman–Crippen LogP) is 0.982. The van der Waals surface area contributed by atoms with E-state index in [-0.39, 0.29) is 5.91 Å². The number of amides is 1. The van der Waals surface area contributed by atoms with Gasteiger partial charge >= 0.3 is 0 Å². The molecule has 0 radical (unpaired) electrons. The average molecular weight is 192 g/mol. The molecule has 1 N–H and O–H groups in total. The number of carbonyl (C=O) groups excluding carboxylic acids is 1. The first kappa shape index (κ1) is 8.99. The number of carbonyl (C=O) groups is 1. The van der Waals surface area contributed by atoms with Crippen molar-refractivity contribution in [2.45, 2.75) is 18.9 Å². The van der Waals surface area contributed by atoms with Crippen LogP contribution in [0.2, 0.25) is 0 Å². The van der Waals surface area contributed by atoms with E-state index in [1.54, 1.807) is 18.2 Å². The van der Waals surface area contributed by atoms with E-state index in [9.17, 15) is 4.79 Å². The highest BCUT2D eigenvalue weighted by molar-refractivity contribution is 5.92. The molecule has 0 unspecified atom stereocenters. The van der Waals surface area contributed by atoms with Crippen molar-refractivity contribution in [3.05, 3.63) is 23.9 Å². The van der Waals surface area contributed by atoms with Gasteiger partial charge < -0.3 is 10.1 Å². The normalized spacial score (nSPS) is 14.9. The molecule has 0 spiro atoms. The van der Waals surface area contributed by atoms with Gasteiger partial charge in [-0.05, 0) is 18.9 Å². The Hall–Kier alpha value is -1.58. The number of hydrogen-bond donors (Lipinski definition) is 1.